The van der Waals surface area contributed by atoms with Gasteiger partial charge in [0.2, 0.25) is 0 Å². The fourth-order valence-electron chi connectivity index (χ4n) is 3.88. The van der Waals surface area contributed by atoms with E-state index >= 15 is 0 Å². The Hall–Kier alpha value is -3.72. The topological polar surface area (TPSA) is 120 Å². The molecule has 1 atom stereocenters. The van der Waals surface area contributed by atoms with Crippen molar-refractivity contribution >= 4 is 11.8 Å². The third kappa shape index (κ3) is 5.56. The van der Waals surface area contributed by atoms with Crippen molar-refractivity contribution in [2.75, 3.05) is 26.3 Å². The number of nitrogens with one attached hydrogen (secondary N) is 2. The number of likely N-dealkylation sites (tertiary alicyclic amines) is 1. The van der Waals surface area contributed by atoms with Crippen LogP contribution in [0.2, 0.25) is 0 Å². The minimum Gasteiger partial charge on any atom is -0.484 e. The van der Waals surface area contributed by atoms with E-state index in [1.165, 1.54) is 0 Å². The normalized spacial score (nSPS) is 15.8. The number of benzene rings is 2. The number of amides is 2. The highest BCUT2D eigenvalue weighted by Crippen LogP contribution is 2.30. The molecule has 0 unspecified atom stereocenters. The standard InChI is InChI=1S/C24H27N5O4/c30-14-12-25-24(32)18-8-6-7-17(15-18)22-26-23(28-27-22)20-11-4-5-13-29(20)21(31)16-33-19-9-2-1-3-10-19/h1-3,6-10,15,20,30H,4-5,11-14,16H2,(H,25,32)(H,26,27,28)/t20-/m1/s1. The van der Waals surface area contributed by atoms with Crippen LogP contribution in [-0.2, 0) is 4.79 Å². The van der Waals surface area contributed by atoms with Crippen molar-refractivity contribution < 1.29 is 19.4 Å². The van der Waals surface area contributed by atoms with Gasteiger partial charge in [0.25, 0.3) is 11.8 Å². The number of aliphatic hydroxyl groups excluding tert-OH is 1. The van der Waals surface area contributed by atoms with Crippen LogP contribution in [0.25, 0.3) is 11.4 Å². The SMILES string of the molecule is O=C(NCCO)c1cccc(-c2n[nH]c([C@H]3CCCCN3C(=O)COc3ccccc3)n2)c1. The summed E-state index contributed by atoms with van der Waals surface area (Å²) in [4.78, 5) is 31.6. The second-order valence-corrected chi connectivity index (χ2v) is 7.81. The number of carbonyl (C=O) groups is 2. The molecule has 0 radical (unpaired) electrons. The van der Waals surface area contributed by atoms with Crippen molar-refractivity contribution in [3.63, 3.8) is 0 Å². The molecule has 2 amide bonds. The Morgan fingerprint density at radius 3 is 2.82 bits per heavy atom. The van der Waals surface area contributed by atoms with Gasteiger partial charge in [-0.25, -0.2) is 4.98 Å². The van der Waals surface area contributed by atoms with Gasteiger partial charge in [-0.3, -0.25) is 14.7 Å². The Balaban J connectivity index is 1.47. The fraction of sp³-hybridized carbons (Fsp3) is 0.333. The van der Waals surface area contributed by atoms with Gasteiger partial charge in [-0.2, -0.15) is 5.10 Å². The molecule has 33 heavy (non-hydrogen) atoms. The number of carbonyl (C=O) groups excluding carboxylic acids is 2. The number of ether oxygens (including phenoxy) is 1. The van der Waals surface area contributed by atoms with Crippen LogP contribution in [0.1, 0.15) is 41.5 Å². The molecular formula is C24H27N5O4. The summed E-state index contributed by atoms with van der Waals surface area (Å²) in [5, 5.41) is 18.9. The molecule has 1 aliphatic rings. The van der Waals surface area contributed by atoms with Crippen LogP contribution in [0.15, 0.2) is 54.6 Å². The van der Waals surface area contributed by atoms with E-state index in [9.17, 15) is 9.59 Å². The molecule has 0 saturated carbocycles. The van der Waals surface area contributed by atoms with Gasteiger partial charge in [0.05, 0.1) is 12.6 Å². The molecule has 1 fully saturated rings. The second-order valence-electron chi connectivity index (χ2n) is 7.81. The molecule has 0 bridgehead atoms. The van der Waals surface area contributed by atoms with E-state index in [4.69, 9.17) is 9.84 Å². The molecule has 1 saturated heterocycles. The van der Waals surface area contributed by atoms with Gasteiger partial charge in [0, 0.05) is 24.2 Å². The van der Waals surface area contributed by atoms with Gasteiger partial charge < -0.3 is 20.1 Å². The van der Waals surface area contributed by atoms with Gasteiger partial charge in [-0.1, -0.05) is 30.3 Å². The van der Waals surface area contributed by atoms with Crippen LogP contribution in [0.5, 0.6) is 5.75 Å². The monoisotopic (exact) mass is 449 g/mol. The number of aromatic amines is 1. The number of nitrogens with zero attached hydrogens (tertiary/aromatic N) is 3. The zero-order valence-electron chi connectivity index (χ0n) is 18.2. The lowest BCUT2D eigenvalue weighted by Gasteiger charge is -2.34. The minimum atomic E-state index is -0.274. The van der Waals surface area contributed by atoms with E-state index < -0.39 is 0 Å². The van der Waals surface area contributed by atoms with Crippen LogP contribution in [0.3, 0.4) is 0 Å². The van der Waals surface area contributed by atoms with Gasteiger partial charge in [-0.05, 0) is 43.5 Å². The van der Waals surface area contributed by atoms with E-state index in [-0.39, 0.29) is 37.6 Å². The first-order valence-corrected chi connectivity index (χ1v) is 11.0. The molecule has 1 aliphatic heterocycles. The predicted octanol–water partition coefficient (Wildman–Crippen LogP) is 2.33. The van der Waals surface area contributed by atoms with Crippen molar-refractivity contribution in [2.45, 2.75) is 25.3 Å². The van der Waals surface area contributed by atoms with Crippen molar-refractivity contribution in [3.8, 4) is 17.1 Å². The smallest absolute Gasteiger partial charge is 0.261 e. The summed E-state index contributed by atoms with van der Waals surface area (Å²) in [6.45, 7) is 0.667. The van der Waals surface area contributed by atoms with Crippen molar-refractivity contribution in [3.05, 3.63) is 66.0 Å². The highest BCUT2D eigenvalue weighted by atomic mass is 16.5. The largest absolute Gasteiger partial charge is 0.484 e. The zero-order valence-corrected chi connectivity index (χ0v) is 18.2. The summed E-state index contributed by atoms with van der Waals surface area (Å²) >= 11 is 0. The first-order valence-electron chi connectivity index (χ1n) is 11.0. The maximum atomic E-state index is 12.9. The lowest BCUT2D eigenvalue weighted by atomic mass is 10.0. The number of piperidine rings is 1. The maximum absolute atomic E-state index is 12.9. The average Bonchev–Trinajstić information content (AvgIpc) is 3.37. The Morgan fingerprint density at radius 2 is 2.00 bits per heavy atom. The third-order valence-electron chi connectivity index (χ3n) is 5.53. The minimum absolute atomic E-state index is 0.0352. The Kier molecular flexibility index (Phi) is 7.31. The van der Waals surface area contributed by atoms with Gasteiger partial charge in [-0.15, -0.1) is 0 Å². The first-order chi connectivity index (χ1) is 16.2. The molecule has 1 aromatic heterocycles. The third-order valence-corrected chi connectivity index (χ3v) is 5.53. The van der Waals surface area contributed by atoms with Crippen LogP contribution in [0, 0.1) is 0 Å². The number of hydrogen-bond donors (Lipinski definition) is 3. The number of hydrogen-bond acceptors (Lipinski definition) is 6. The molecular weight excluding hydrogens is 422 g/mol. The first kappa shape index (κ1) is 22.5. The molecule has 9 heteroatoms. The summed E-state index contributed by atoms with van der Waals surface area (Å²) in [5.41, 5.74) is 1.15. The highest BCUT2D eigenvalue weighted by molar-refractivity contribution is 5.95. The Morgan fingerprint density at radius 1 is 1.15 bits per heavy atom. The van der Waals surface area contributed by atoms with E-state index in [1.807, 2.05) is 36.4 Å². The fourth-order valence-corrected chi connectivity index (χ4v) is 3.88. The number of aliphatic hydroxyl groups is 1. The van der Waals surface area contributed by atoms with Crippen LogP contribution < -0.4 is 10.1 Å². The Labute approximate surface area is 191 Å². The van der Waals surface area contributed by atoms with E-state index in [2.05, 4.69) is 20.5 Å². The van der Waals surface area contributed by atoms with Gasteiger partial charge in [0.1, 0.15) is 11.6 Å². The summed E-state index contributed by atoms with van der Waals surface area (Å²) < 4.78 is 5.65. The lowest BCUT2D eigenvalue weighted by Crippen LogP contribution is -2.41. The summed E-state index contributed by atoms with van der Waals surface area (Å²) in [6.07, 6.45) is 2.71. The summed E-state index contributed by atoms with van der Waals surface area (Å²) in [5.74, 6) is 1.37. The molecule has 0 spiro atoms. The number of aromatic nitrogens is 3. The maximum Gasteiger partial charge on any atom is 0.261 e. The predicted molar refractivity (Wildman–Crippen MR) is 121 cm³/mol. The van der Waals surface area contributed by atoms with Crippen LogP contribution in [-0.4, -0.2) is 63.3 Å². The van der Waals surface area contributed by atoms with E-state index in [1.54, 1.807) is 23.1 Å². The molecule has 0 aliphatic carbocycles. The quantitative estimate of drug-likeness (QED) is 0.485. The highest BCUT2D eigenvalue weighted by Gasteiger charge is 2.30. The van der Waals surface area contributed by atoms with Crippen molar-refractivity contribution in [1.29, 1.82) is 0 Å². The summed E-state index contributed by atoms with van der Waals surface area (Å²) in [7, 11) is 0. The van der Waals surface area contributed by atoms with Gasteiger partial charge in [0.15, 0.2) is 12.4 Å². The molecule has 3 aromatic rings. The molecule has 2 aromatic carbocycles. The van der Waals surface area contributed by atoms with E-state index in [0.29, 0.717) is 35.1 Å². The van der Waals surface area contributed by atoms with Gasteiger partial charge >= 0.3 is 0 Å². The second kappa shape index (κ2) is 10.7. The van der Waals surface area contributed by atoms with Crippen molar-refractivity contribution in [1.82, 2.24) is 25.4 Å². The summed E-state index contributed by atoms with van der Waals surface area (Å²) in [6, 6.07) is 16.1. The molecule has 3 N–H and O–H groups in total. The lowest BCUT2D eigenvalue weighted by molar-refractivity contribution is -0.137. The Bertz CT molecular complexity index is 1090. The molecule has 172 valence electrons. The van der Waals surface area contributed by atoms with Crippen LogP contribution >= 0.6 is 0 Å². The van der Waals surface area contributed by atoms with Crippen molar-refractivity contribution in [2.24, 2.45) is 0 Å². The van der Waals surface area contributed by atoms with E-state index in [0.717, 1.165) is 19.3 Å². The zero-order chi connectivity index (χ0) is 23.0. The van der Waals surface area contributed by atoms with Crippen LogP contribution in [0.4, 0.5) is 0 Å². The molecule has 4 rings (SSSR count). The molecule has 9 nitrogen and oxygen atoms in total. The number of para-hydroxylation sites is 1. The average molecular weight is 450 g/mol. The molecule has 2 heterocycles. The number of H-pyrrole nitrogens is 1. The number of rotatable bonds is 8.